The lowest BCUT2D eigenvalue weighted by Gasteiger charge is -2.21. The summed E-state index contributed by atoms with van der Waals surface area (Å²) >= 11 is 1.73. The van der Waals surface area contributed by atoms with E-state index >= 15 is 0 Å². The second-order valence-electron chi connectivity index (χ2n) is 4.36. The van der Waals surface area contributed by atoms with Crippen LogP contribution in [-0.2, 0) is 6.54 Å². The molecule has 0 atom stereocenters. The predicted octanol–water partition coefficient (Wildman–Crippen LogP) is 3.52. The van der Waals surface area contributed by atoms with E-state index in [2.05, 4.69) is 33.5 Å². The van der Waals surface area contributed by atoms with Crippen molar-refractivity contribution in [1.82, 2.24) is 4.98 Å². The van der Waals surface area contributed by atoms with E-state index < -0.39 is 0 Å². The largest absolute Gasteiger partial charge is 0.329 e. The predicted molar refractivity (Wildman–Crippen MR) is 82.0 cm³/mol. The maximum Gasteiger partial charge on any atom is 0.141 e. The number of benzene rings is 1. The van der Waals surface area contributed by atoms with Gasteiger partial charge in [-0.1, -0.05) is 18.2 Å². The Labute approximate surface area is 116 Å². The van der Waals surface area contributed by atoms with Crippen LogP contribution in [0, 0.1) is 0 Å². The number of fused-ring (bicyclic) bond motifs is 1. The van der Waals surface area contributed by atoms with Crippen LogP contribution in [0.25, 0.3) is 10.1 Å². The molecule has 0 aliphatic carbocycles. The smallest absolute Gasteiger partial charge is 0.141 e. The highest BCUT2D eigenvalue weighted by atomic mass is 32.1. The maximum atomic E-state index is 5.81. The summed E-state index contributed by atoms with van der Waals surface area (Å²) in [6.07, 6.45) is 1.86. The first kappa shape index (κ1) is 12.1. The summed E-state index contributed by atoms with van der Waals surface area (Å²) in [4.78, 5) is 6.63. The average molecular weight is 269 g/mol. The molecule has 2 aromatic heterocycles. The van der Waals surface area contributed by atoms with Gasteiger partial charge in [0.15, 0.2) is 0 Å². The highest BCUT2D eigenvalue weighted by Crippen LogP contribution is 2.32. The maximum absolute atomic E-state index is 5.81. The molecule has 96 valence electrons. The van der Waals surface area contributed by atoms with Gasteiger partial charge in [-0.2, -0.15) is 0 Å². The highest BCUT2D eigenvalue weighted by Gasteiger charge is 2.12. The van der Waals surface area contributed by atoms with Crippen molar-refractivity contribution in [2.45, 2.75) is 6.54 Å². The number of aromatic nitrogens is 1. The number of hydrogen-bond donors (Lipinski definition) is 1. The molecule has 3 aromatic rings. The molecular weight excluding hydrogens is 254 g/mol. The molecule has 0 saturated heterocycles. The van der Waals surface area contributed by atoms with E-state index in [1.165, 1.54) is 10.1 Å². The fourth-order valence-corrected chi connectivity index (χ4v) is 3.05. The normalized spacial score (nSPS) is 10.8. The zero-order chi connectivity index (χ0) is 13.2. The number of para-hydroxylation sites is 1. The van der Waals surface area contributed by atoms with E-state index in [4.69, 9.17) is 5.73 Å². The van der Waals surface area contributed by atoms with Crippen LogP contribution in [0.15, 0.2) is 48.0 Å². The van der Waals surface area contributed by atoms with Crippen LogP contribution in [0.5, 0.6) is 0 Å². The number of pyridine rings is 1. The molecule has 0 unspecified atom stereocenters. The monoisotopic (exact) mass is 269 g/mol. The van der Waals surface area contributed by atoms with E-state index in [0.717, 1.165) is 17.1 Å². The molecule has 1 aromatic carbocycles. The third-order valence-corrected chi connectivity index (χ3v) is 4.13. The van der Waals surface area contributed by atoms with Gasteiger partial charge in [0.05, 0.1) is 0 Å². The van der Waals surface area contributed by atoms with Gasteiger partial charge in [0.2, 0.25) is 0 Å². The van der Waals surface area contributed by atoms with Crippen molar-refractivity contribution in [2.24, 2.45) is 5.73 Å². The minimum Gasteiger partial charge on any atom is -0.329 e. The lowest BCUT2D eigenvalue weighted by molar-refractivity contribution is 1.04. The summed E-state index contributed by atoms with van der Waals surface area (Å²) in [6, 6.07) is 12.3. The molecule has 2 heterocycles. The first-order valence-electron chi connectivity index (χ1n) is 6.15. The van der Waals surface area contributed by atoms with Crippen LogP contribution in [0.1, 0.15) is 5.56 Å². The standard InChI is InChI=1S/C15H15N3S/c1-18(13-5-3-2-4-11(13)10-16)15-12-7-9-19-14(12)6-8-17-15/h2-9H,10,16H2,1H3. The SMILES string of the molecule is CN(c1ccccc1CN)c1nccc2sccc12. The van der Waals surface area contributed by atoms with Crippen LogP contribution in [0.2, 0.25) is 0 Å². The van der Waals surface area contributed by atoms with Gasteiger partial charge in [-0.25, -0.2) is 4.98 Å². The first-order chi connectivity index (χ1) is 9.31. The Morgan fingerprint density at radius 3 is 2.89 bits per heavy atom. The van der Waals surface area contributed by atoms with E-state index in [9.17, 15) is 0 Å². The molecular formula is C15H15N3S. The molecule has 0 bridgehead atoms. The molecule has 0 saturated carbocycles. The third kappa shape index (κ3) is 2.09. The summed E-state index contributed by atoms with van der Waals surface area (Å²) in [5.74, 6) is 0.972. The minimum atomic E-state index is 0.528. The van der Waals surface area contributed by atoms with Crippen molar-refractivity contribution >= 4 is 32.9 Å². The first-order valence-corrected chi connectivity index (χ1v) is 7.03. The van der Waals surface area contributed by atoms with Crippen molar-refractivity contribution < 1.29 is 0 Å². The second-order valence-corrected chi connectivity index (χ2v) is 5.31. The van der Waals surface area contributed by atoms with E-state index in [1.807, 2.05) is 31.4 Å². The molecule has 3 rings (SSSR count). The molecule has 4 heteroatoms. The Kier molecular flexibility index (Phi) is 3.19. The van der Waals surface area contributed by atoms with Gasteiger partial charge < -0.3 is 10.6 Å². The van der Waals surface area contributed by atoms with Crippen molar-refractivity contribution in [3.8, 4) is 0 Å². The highest BCUT2D eigenvalue weighted by molar-refractivity contribution is 7.17. The summed E-state index contributed by atoms with van der Waals surface area (Å²) in [7, 11) is 2.04. The molecule has 19 heavy (non-hydrogen) atoms. The fraction of sp³-hybridized carbons (Fsp3) is 0.133. The lowest BCUT2D eigenvalue weighted by atomic mass is 10.1. The molecule has 3 nitrogen and oxygen atoms in total. The summed E-state index contributed by atoms with van der Waals surface area (Å²) in [6.45, 7) is 0.528. The van der Waals surface area contributed by atoms with Crippen molar-refractivity contribution in [1.29, 1.82) is 0 Å². The summed E-state index contributed by atoms with van der Waals surface area (Å²) < 4.78 is 1.25. The van der Waals surface area contributed by atoms with Crippen LogP contribution in [-0.4, -0.2) is 12.0 Å². The Bertz CT molecular complexity index is 705. The van der Waals surface area contributed by atoms with E-state index in [0.29, 0.717) is 6.54 Å². The van der Waals surface area contributed by atoms with Crippen molar-refractivity contribution in [3.63, 3.8) is 0 Å². The topological polar surface area (TPSA) is 42.1 Å². The summed E-state index contributed by atoms with van der Waals surface area (Å²) in [5.41, 5.74) is 8.05. The Balaban J connectivity index is 2.13. The van der Waals surface area contributed by atoms with Gasteiger partial charge in [-0.3, -0.25) is 0 Å². The van der Waals surface area contributed by atoms with Gasteiger partial charge in [0.25, 0.3) is 0 Å². The quantitative estimate of drug-likeness (QED) is 0.791. The number of anilines is 2. The van der Waals surface area contributed by atoms with Crippen LogP contribution in [0.4, 0.5) is 11.5 Å². The van der Waals surface area contributed by atoms with E-state index in [-0.39, 0.29) is 0 Å². The van der Waals surface area contributed by atoms with E-state index in [1.54, 1.807) is 11.3 Å². The molecule has 0 amide bonds. The van der Waals surface area contributed by atoms with Gasteiger partial charge in [-0.15, -0.1) is 11.3 Å². The van der Waals surface area contributed by atoms with Crippen LogP contribution in [0.3, 0.4) is 0 Å². The Morgan fingerprint density at radius 2 is 2.05 bits per heavy atom. The van der Waals surface area contributed by atoms with Crippen molar-refractivity contribution in [2.75, 3.05) is 11.9 Å². The Morgan fingerprint density at radius 1 is 1.21 bits per heavy atom. The van der Waals surface area contributed by atoms with Gasteiger partial charge >= 0.3 is 0 Å². The van der Waals surface area contributed by atoms with Crippen LogP contribution >= 0.6 is 11.3 Å². The molecule has 0 spiro atoms. The molecule has 0 aliphatic rings. The average Bonchev–Trinajstić information content (AvgIpc) is 2.94. The molecule has 0 fully saturated rings. The molecule has 0 aliphatic heterocycles. The lowest BCUT2D eigenvalue weighted by Crippen LogP contribution is -2.14. The number of nitrogens with zero attached hydrogens (tertiary/aromatic N) is 2. The zero-order valence-corrected chi connectivity index (χ0v) is 11.5. The molecule has 0 radical (unpaired) electrons. The zero-order valence-electron chi connectivity index (χ0n) is 10.7. The Hall–Kier alpha value is -1.91. The third-order valence-electron chi connectivity index (χ3n) is 3.25. The minimum absolute atomic E-state index is 0.528. The number of hydrogen-bond acceptors (Lipinski definition) is 4. The molecule has 2 N–H and O–H groups in total. The van der Waals surface area contributed by atoms with Gasteiger partial charge in [-0.05, 0) is 29.1 Å². The number of rotatable bonds is 3. The fourth-order valence-electron chi connectivity index (χ4n) is 2.27. The number of thiophene rings is 1. The van der Waals surface area contributed by atoms with Crippen molar-refractivity contribution in [3.05, 3.63) is 53.5 Å². The summed E-state index contributed by atoms with van der Waals surface area (Å²) in [5, 5.41) is 3.28. The van der Waals surface area contributed by atoms with Gasteiger partial charge in [0, 0.05) is 35.6 Å². The van der Waals surface area contributed by atoms with Crippen LogP contribution < -0.4 is 10.6 Å². The second kappa shape index (κ2) is 4.99. The number of nitrogens with two attached hydrogens (primary N) is 1. The van der Waals surface area contributed by atoms with Gasteiger partial charge in [0.1, 0.15) is 5.82 Å².